The number of rotatable bonds is 4. The third-order valence-electron chi connectivity index (χ3n) is 1.03. The van der Waals surface area contributed by atoms with Gasteiger partial charge in [-0.05, 0) is 0 Å². The van der Waals surface area contributed by atoms with Gasteiger partial charge in [0.05, 0.1) is 19.0 Å². The quantitative estimate of drug-likeness (QED) is 0.383. The third kappa shape index (κ3) is 3.07. The van der Waals surface area contributed by atoms with Gasteiger partial charge in [-0.3, -0.25) is 9.97 Å². The predicted molar refractivity (Wildman–Crippen MR) is 42.7 cm³/mol. The second kappa shape index (κ2) is 5.20. The molecular formula is C7H9N3O2. The topological polar surface area (TPSA) is 67.6 Å². The van der Waals surface area contributed by atoms with Crippen molar-refractivity contribution in [1.82, 2.24) is 9.97 Å². The van der Waals surface area contributed by atoms with Crippen molar-refractivity contribution in [2.75, 3.05) is 13.2 Å². The minimum atomic E-state index is -0.0438. The van der Waals surface area contributed by atoms with Crippen molar-refractivity contribution >= 4 is 6.21 Å². The fraction of sp³-hybridized carbons (Fsp3) is 0.286. The van der Waals surface area contributed by atoms with Crippen molar-refractivity contribution < 1.29 is 9.94 Å². The Morgan fingerprint density at radius 1 is 1.58 bits per heavy atom. The van der Waals surface area contributed by atoms with E-state index >= 15 is 0 Å². The first kappa shape index (κ1) is 8.61. The molecule has 0 aliphatic carbocycles. The zero-order valence-corrected chi connectivity index (χ0v) is 6.42. The maximum atomic E-state index is 8.34. The summed E-state index contributed by atoms with van der Waals surface area (Å²) in [7, 11) is 0. The Hall–Kier alpha value is -1.49. The van der Waals surface area contributed by atoms with Gasteiger partial charge in [0.15, 0.2) is 0 Å². The van der Waals surface area contributed by atoms with Crippen LogP contribution in [-0.4, -0.2) is 34.5 Å². The molecule has 0 amide bonds. The number of nitrogens with zero attached hydrogens (tertiary/aromatic N) is 3. The summed E-state index contributed by atoms with van der Waals surface area (Å²) in [6.45, 7) is 0.147. The van der Waals surface area contributed by atoms with E-state index in [1.165, 1.54) is 6.21 Å². The monoisotopic (exact) mass is 167 g/mol. The number of aliphatic hydroxyl groups excluding tert-OH is 1. The molecule has 0 radical (unpaired) electrons. The normalized spacial score (nSPS) is 10.4. The van der Waals surface area contributed by atoms with Gasteiger partial charge in [0, 0.05) is 12.4 Å². The molecule has 0 unspecified atom stereocenters. The minimum absolute atomic E-state index is 0.0438. The highest BCUT2D eigenvalue weighted by Crippen LogP contribution is 1.84. The first-order valence-electron chi connectivity index (χ1n) is 3.45. The molecule has 1 aromatic heterocycles. The average molecular weight is 167 g/mol. The SMILES string of the molecule is OCCON=Cc1cnccn1. The summed E-state index contributed by atoms with van der Waals surface area (Å²) < 4.78 is 0. The zero-order valence-electron chi connectivity index (χ0n) is 6.42. The van der Waals surface area contributed by atoms with E-state index in [0.717, 1.165) is 0 Å². The number of aliphatic hydroxyl groups is 1. The molecule has 0 saturated carbocycles. The summed E-state index contributed by atoms with van der Waals surface area (Å²) in [6, 6.07) is 0. The van der Waals surface area contributed by atoms with E-state index in [-0.39, 0.29) is 13.2 Å². The Morgan fingerprint density at radius 2 is 2.50 bits per heavy atom. The van der Waals surface area contributed by atoms with Crippen molar-refractivity contribution in [3.05, 3.63) is 24.3 Å². The molecular weight excluding hydrogens is 158 g/mol. The van der Waals surface area contributed by atoms with Gasteiger partial charge in [-0.1, -0.05) is 5.16 Å². The molecule has 1 N–H and O–H groups in total. The lowest BCUT2D eigenvalue weighted by Gasteiger charge is -1.92. The second-order valence-corrected chi connectivity index (χ2v) is 1.92. The minimum Gasteiger partial charge on any atom is -0.393 e. The van der Waals surface area contributed by atoms with E-state index in [1.54, 1.807) is 18.6 Å². The molecule has 1 rings (SSSR count). The van der Waals surface area contributed by atoms with Crippen LogP contribution in [0.2, 0.25) is 0 Å². The first-order chi connectivity index (χ1) is 5.93. The van der Waals surface area contributed by atoms with Crippen molar-refractivity contribution in [2.24, 2.45) is 5.16 Å². The largest absolute Gasteiger partial charge is 0.393 e. The number of hydrogen-bond acceptors (Lipinski definition) is 5. The fourth-order valence-corrected chi connectivity index (χ4v) is 0.562. The van der Waals surface area contributed by atoms with E-state index in [2.05, 4.69) is 20.0 Å². The van der Waals surface area contributed by atoms with Crippen molar-refractivity contribution in [3.8, 4) is 0 Å². The summed E-state index contributed by atoms with van der Waals surface area (Å²) in [4.78, 5) is 12.4. The zero-order chi connectivity index (χ0) is 8.65. The van der Waals surface area contributed by atoms with E-state index < -0.39 is 0 Å². The van der Waals surface area contributed by atoms with Crippen LogP contribution >= 0.6 is 0 Å². The van der Waals surface area contributed by atoms with Gasteiger partial charge in [0.25, 0.3) is 0 Å². The van der Waals surface area contributed by atoms with Crippen LogP contribution in [0.25, 0.3) is 0 Å². The summed E-state index contributed by atoms with van der Waals surface area (Å²) in [5, 5.41) is 11.9. The van der Waals surface area contributed by atoms with Crippen LogP contribution in [0.5, 0.6) is 0 Å². The van der Waals surface area contributed by atoms with Crippen LogP contribution in [0.1, 0.15) is 5.69 Å². The molecule has 1 aromatic rings. The van der Waals surface area contributed by atoms with Gasteiger partial charge in [0.2, 0.25) is 0 Å². The van der Waals surface area contributed by atoms with Crippen LogP contribution in [0, 0.1) is 0 Å². The van der Waals surface area contributed by atoms with E-state index in [1.807, 2.05) is 0 Å². The molecule has 5 heteroatoms. The molecule has 0 atom stereocenters. The Morgan fingerprint density at radius 3 is 3.17 bits per heavy atom. The molecule has 0 saturated heterocycles. The Balaban J connectivity index is 2.36. The van der Waals surface area contributed by atoms with Crippen molar-refractivity contribution in [3.63, 3.8) is 0 Å². The average Bonchev–Trinajstić information content (AvgIpc) is 2.14. The smallest absolute Gasteiger partial charge is 0.140 e. The maximum Gasteiger partial charge on any atom is 0.140 e. The molecule has 0 aliphatic rings. The molecule has 0 bridgehead atoms. The molecule has 12 heavy (non-hydrogen) atoms. The Bertz CT molecular complexity index is 238. The van der Waals surface area contributed by atoms with Crippen LogP contribution in [0.3, 0.4) is 0 Å². The van der Waals surface area contributed by atoms with Gasteiger partial charge in [-0.15, -0.1) is 0 Å². The Labute approximate surface area is 69.7 Å². The highest BCUT2D eigenvalue weighted by atomic mass is 16.6. The number of aromatic nitrogens is 2. The van der Waals surface area contributed by atoms with Crippen LogP contribution in [0.15, 0.2) is 23.7 Å². The van der Waals surface area contributed by atoms with Gasteiger partial charge in [-0.25, -0.2) is 0 Å². The number of hydrogen-bond donors (Lipinski definition) is 1. The first-order valence-corrected chi connectivity index (χ1v) is 3.45. The maximum absolute atomic E-state index is 8.34. The summed E-state index contributed by atoms with van der Waals surface area (Å²) >= 11 is 0. The van der Waals surface area contributed by atoms with Crippen molar-refractivity contribution in [1.29, 1.82) is 0 Å². The van der Waals surface area contributed by atoms with Crippen LogP contribution < -0.4 is 0 Å². The summed E-state index contributed by atoms with van der Waals surface area (Å²) in [5.41, 5.74) is 0.621. The van der Waals surface area contributed by atoms with Gasteiger partial charge < -0.3 is 9.94 Å². The number of oxime groups is 1. The molecule has 64 valence electrons. The standard InChI is InChI=1S/C7H9N3O2/c11-3-4-12-10-6-7-5-8-1-2-9-7/h1-2,5-6,11H,3-4H2. The summed E-state index contributed by atoms with van der Waals surface area (Å²) in [6.07, 6.45) is 6.13. The van der Waals surface area contributed by atoms with Crippen molar-refractivity contribution in [2.45, 2.75) is 0 Å². The molecule has 0 fully saturated rings. The third-order valence-corrected chi connectivity index (χ3v) is 1.03. The van der Waals surface area contributed by atoms with E-state index in [4.69, 9.17) is 5.11 Å². The fourth-order valence-electron chi connectivity index (χ4n) is 0.562. The van der Waals surface area contributed by atoms with Crippen LogP contribution in [0.4, 0.5) is 0 Å². The Kier molecular flexibility index (Phi) is 3.73. The highest BCUT2D eigenvalue weighted by molar-refractivity contribution is 5.75. The predicted octanol–water partition coefficient (Wildman–Crippen LogP) is -0.181. The second-order valence-electron chi connectivity index (χ2n) is 1.92. The molecule has 0 aliphatic heterocycles. The molecule has 5 nitrogen and oxygen atoms in total. The van der Waals surface area contributed by atoms with Gasteiger partial charge in [0.1, 0.15) is 12.3 Å². The van der Waals surface area contributed by atoms with E-state index in [0.29, 0.717) is 5.69 Å². The lowest BCUT2D eigenvalue weighted by atomic mass is 10.5. The lowest BCUT2D eigenvalue weighted by Crippen LogP contribution is -1.94. The highest BCUT2D eigenvalue weighted by Gasteiger charge is 1.85. The molecule has 0 spiro atoms. The van der Waals surface area contributed by atoms with E-state index in [9.17, 15) is 0 Å². The summed E-state index contributed by atoms with van der Waals surface area (Å²) in [5.74, 6) is 0. The molecule has 1 heterocycles. The lowest BCUT2D eigenvalue weighted by molar-refractivity contribution is 0.0997. The van der Waals surface area contributed by atoms with Gasteiger partial charge in [-0.2, -0.15) is 0 Å². The molecule has 0 aromatic carbocycles. The van der Waals surface area contributed by atoms with Gasteiger partial charge >= 0.3 is 0 Å². The van der Waals surface area contributed by atoms with Crippen LogP contribution in [-0.2, 0) is 4.84 Å².